The van der Waals surface area contributed by atoms with Crippen LogP contribution in [0.1, 0.15) is 10.4 Å². The Morgan fingerprint density at radius 3 is 2.58 bits per heavy atom. The number of carbonyl (C=O) groups is 1. The van der Waals surface area contributed by atoms with Crippen LogP contribution >= 0.6 is 0 Å². The molecule has 1 aromatic rings. The van der Waals surface area contributed by atoms with E-state index >= 15 is 0 Å². The molecule has 0 aliphatic carbocycles. The molecule has 0 radical (unpaired) electrons. The number of methoxy groups -OCH3 is 1. The highest BCUT2D eigenvalue weighted by Crippen LogP contribution is 2.20. The van der Waals surface area contributed by atoms with Crippen LogP contribution in [0.25, 0.3) is 0 Å². The van der Waals surface area contributed by atoms with E-state index in [9.17, 15) is 15.0 Å². The van der Waals surface area contributed by atoms with Gasteiger partial charge in [0.2, 0.25) is 0 Å². The van der Waals surface area contributed by atoms with Crippen LogP contribution in [0.3, 0.4) is 0 Å². The maximum atomic E-state index is 11.9. The van der Waals surface area contributed by atoms with Crippen LogP contribution < -0.4 is 0 Å². The van der Waals surface area contributed by atoms with E-state index in [0.29, 0.717) is 5.56 Å². The number of carbonyl (C=O) groups excluding carboxylic acids is 1. The number of aliphatic hydroxyl groups excluding tert-OH is 2. The number of rotatable bonds is 3. The molecule has 4 atom stereocenters. The molecule has 1 aliphatic rings. The van der Waals surface area contributed by atoms with Crippen LogP contribution in [-0.2, 0) is 14.2 Å². The molecule has 0 spiro atoms. The quantitative estimate of drug-likeness (QED) is 0.747. The lowest BCUT2D eigenvalue weighted by Crippen LogP contribution is -2.55. The Morgan fingerprint density at radius 2 is 1.95 bits per heavy atom. The molecule has 1 aromatic carbocycles. The number of esters is 1. The third-order valence-electron chi connectivity index (χ3n) is 2.95. The standard InChI is InChI=1S/C13H16O6/c1-17-11-10(9(14)7-18-13(11)16)19-12(15)8-5-3-2-4-6-8/h2-6,9-11,13-14,16H,7H2,1H3/t9-,10+,11-,13?/m1/s1. The first-order chi connectivity index (χ1) is 9.13. The van der Waals surface area contributed by atoms with E-state index in [-0.39, 0.29) is 6.61 Å². The van der Waals surface area contributed by atoms with Gasteiger partial charge in [-0.3, -0.25) is 0 Å². The highest BCUT2D eigenvalue weighted by atomic mass is 16.7. The van der Waals surface area contributed by atoms with Crippen molar-refractivity contribution in [1.82, 2.24) is 0 Å². The fourth-order valence-electron chi connectivity index (χ4n) is 1.93. The third-order valence-corrected chi connectivity index (χ3v) is 2.95. The van der Waals surface area contributed by atoms with Crippen molar-refractivity contribution in [2.75, 3.05) is 13.7 Å². The lowest BCUT2D eigenvalue weighted by molar-refractivity contribution is -0.258. The van der Waals surface area contributed by atoms with Crippen LogP contribution in [-0.4, -0.2) is 54.5 Å². The smallest absolute Gasteiger partial charge is 0.338 e. The predicted octanol–water partition coefficient (Wildman–Crippen LogP) is -0.0635. The second-order valence-electron chi connectivity index (χ2n) is 4.23. The van der Waals surface area contributed by atoms with Gasteiger partial charge in [0.1, 0.15) is 12.2 Å². The summed E-state index contributed by atoms with van der Waals surface area (Å²) in [5.41, 5.74) is 0.366. The minimum Gasteiger partial charge on any atom is -0.453 e. The Kier molecular flexibility index (Phi) is 4.49. The lowest BCUT2D eigenvalue weighted by Gasteiger charge is -2.36. The van der Waals surface area contributed by atoms with Gasteiger partial charge in [0.05, 0.1) is 12.2 Å². The zero-order valence-corrected chi connectivity index (χ0v) is 10.4. The summed E-state index contributed by atoms with van der Waals surface area (Å²) in [6.07, 6.45) is -4.17. The normalized spacial score (nSPS) is 30.9. The monoisotopic (exact) mass is 268 g/mol. The van der Waals surface area contributed by atoms with E-state index in [2.05, 4.69) is 0 Å². The highest BCUT2D eigenvalue weighted by molar-refractivity contribution is 5.89. The van der Waals surface area contributed by atoms with E-state index in [1.807, 2.05) is 0 Å². The van der Waals surface area contributed by atoms with E-state index in [4.69, 9.17) is 14.2 Å². The zero-order chi connectivity index (χ0) is 13.8. The lowest BCUT2D eigenvalue weighted by atomic mass is 10.0. The van der Waals surface area contributed by atoms with Gasteiger partial charge in [0.15, 0.2) is 12.4 Å². The van der Waals surface area contributed by atoms with Crippen molar-refractivity contribution in [2.45, 2.75) is 24.6 Å². The largest absolute Gasteiger partial charge is 0.453 e. The fraction of sp³-hybridized carbons (Fsp3) is 0.462. The Balaban J connectivity index is 2.09. The number of ether oxygens (including phenoxy) is 3. The van der Waals surface area contributed by atoms with Crippen LogP contribution in [0.15, 0.2) is 30.3 Å². The molecule has 1 unspecified atom stereocenters. The molecule has 0 aromatic heterocycles. The maximum absolute atomic E-state index is 11.9. The summed E-state index contributed by atoms with van der Waals surface area (Å²) in [6.45, 7) is -0.117. The van der Waals surface area contributed by atoms with Gasteiger partial charge in [-0.15, -0.1) is 0 Å². The average Bonchev–Trinajstić information content (AvgIpc) is 2.44. The summed E-state index contributed by atoms with van der Waals surface area (Å²) >= 11 is 0. The van der Waals surface area contributed by atoms with Crippen LogP contribution in [0.5, 0.6) is 0 Å². The highest BCUT2D eigenvalue weighted by Gasteiger charge is 2.42. The minimum absolute atomic E-state index is 0.117. The topological polar surface area (TPSA) is 85.2 Å². The molecule has 2 N–H and O–H groups in total. The minimum atomic E-state index is -1.23. The number of benzene rings is 1. The van der Waals surface area contributed by atoms with Crippen LogP contribution in [0.4, 0.5) is 0 Å². The zero-order valence-electron chi connectivity index (χ0n) is 10.4. The Hall–Kier alpha value is -1.47. The van der Waals surface area contributed by atoms with E-state index in [0.717, 1.165) is 0 Å². The van der Waals surface area contributed by atoms with Gasteiger partial charge in [-0.25, -0.2) is 4.79 Å². The van der Waals surface area contributed by atoms with Gasteiger partial charge >= 0.3 is 5.97 Å². The first-order valence-electron chi connectivity index (χ1n) is 5.90. The molecule has 0 saturated carbocycles. The van der Waals surface area contributed by atoms with Crippen molar-refractivity contribution < 1.29 is 29.2 Å². The molecule has 6 heteroatoms. The first-order valence-corrected chi connectivity index (χ1v) is 5.90. The van der Waals surface area contributed by atoms with Gasteiger partial charge in [-0.05, 0) is 12.1 Å². The molecule has 6 nitrogen and oxygen atoms in total. The molecular formula is C13H16O6. The summed E-state index contributed by atoms with van der Waals surface area (Å²) in [6, 6.07) is 8.40. The summed E-state index contributed by atoms with van der Waals surface area (Å²) < 4.78 is 15.1. The summed E-state index contributed by atoms with van der Waals surface area (Å²) in [5, 5.41) is 19.4. The Bertz CT molecular complexity index is 420. The number of hydrogen-bond acceptors (Lipinski definition) is 6. The van der Waals surface area contributed by atoms with Crippen molar-refractivity contribution in [2.24, 2.45) is 0 Å². The van der Waals surface area contributed by atoms with E-state index in [1.54, 1.807) is 30.3 Å². The van der Waals surface area contributed by atoms with E-state index in [1.165, 1.54) is 7.11 Å². The SMILES string of the molecule is CO[C@H]1C(O)OC[C@@H](O)[C@@H]1OC(=O)c1ccccc1. The van der Waals surface area contributed by atoms with Crippen LogP contribution in [0.2, 0.25) is 0 Å². The van der Waals surface area contributed by atoms with Gasteiger partial charge in [0.25, 0.3) is 0 Å². The predicted molar refractivity (Wildman–Crippen MR) is 64.4 cm³/mol. The first kappa shape index (κ1) is 14.0. The van der Waals surface area contributed by atoms with Crippen molar-refractivity contribution in [3.05, 3.63) is 35.9 Å². The van der Waals surface area contributed by atoms with Gasteiger partial charge in [-0.1, -0.05) is 18.2 Å². The van der Waals surface area contributed by atoms with Crippen molar-refractivity contribution in [1.29, 1.82) is 0 Å². The molecule has 19 heavy (non-hydrogen) atoms. The van der Waals surface area contributed by atoms with Gasteiger partial charge in [-0.2, -0.15) is 0 Å². The Morgan fingerprint density at radius 1 is 1.26 bits per heavy atom. The summed E-state index contributed by atoms with van der Waals surface area (Å²) in [7, 11) is 1.35. The van der Waals surface area contributed by atoms with Crippen molar-refractivity contribution in [3.63, 3.8) is 0 Å². The van der Waals surface area contributed by atoms with Crippen LogP contribution in [0, 0.1) is 0 Å². The van der Waals surface area contributed by atoms with E-state index < -0.39 is 30.6 Å². The molecule has 0 amide bonds. The molecule has 0 bridgehead atoms. The molecule has 1 heterocycles. The fourth-order valence-corrected chi connectivity index (χ4v) is 1.93. The average molecular weight is 268 g/mol. The van der Waals surface area contributed by atoms with Gasteiger partial charge in [0, 0.05) is 7.11 Å². The van der Waals surface area contributed by atoms with Crippen molar-refractivity contribution in [3.8, 4) is 0 Å². The molecule has 104 valence electrons. The second-order valence-corrected chi connectivity index (χ2v) is 4.23. The maximum Gasteiger partial charge on any atom is 0.338 e. The molecule has 1 saturated heterocycles. The summed E-state index contributed by atoms with van der Waals surface area (Å²) in [4.78, 5) is 11.9. The van der Waals surface area contributed by atoms with Gasteiger partial charge < -0.3 is 24.4 Å². The third kappa shape index (κ3) is 3.10. The number of aliphatic hydroxyl groups is 2. The number of hydrogen-bond donors (Lipinski definition) is 2. The molecule has 1 aliphatic heterocycles. The second kappa shape index (κ2) is 6.12. The Labute approximate surface area is 110 Å². The molecule has 2 rings (SSSR count). The summed E-state index contributed by atoms with van der Waals surface area (Å²) in [5.74, 6) is -0.583. The van der Waals surface area contributed by atoms with Crippen molar-refractivity contribution >= 4 is 5.97 Å². The molecular weight excluding hydrogens is 252 g/mol. The molecule has 1 fully saturated rings.